The van der Waals surface area contributed by atoms with Crippen LogP contribution in [0.25, 0.3) is 5.82 Å². The quantitative estimate of drug-likeness (QED) is 0.758. The Morgan fingerprint density at radius 2 is 1.68 bits per heavy atom. The first-order valence-corrected chi connectivity index (χ1v) is 9.14. The number of hydrogen-bond donors (Lipinski definition) is 1. The highest BCUT2D eigenvalue weighted by molar-refractivity contribution is 5.89. The molecule has 144 valence electrons. The van der Waals surface area contributed by atoms with Gasteiger partial charge >= 0.3 is 6.03 Å². The summed E-state index contributed by atoms with van der Waals surface area (Å²) in [7, 11) is 0. The number of benzene rings is 1. The molecule has 28 heavy (non-hydrogen) atoms. The maximum absolute atomic E-state index is 13.6. The van der Waals surface area contributed by atoms with Crippen LogP contribution < -0.4 is 10.2 Å². The van der Waals surface area contributed by atoms with Crippen LogP contribution in [0.5, 0.6) is 0 Å². The molecule has 1 aliphatic rings. The molecule has 0 aliphatic carbocycles. The van der Waals surface area contributed by atoms with Gasteiger partial charge in [0.15, 0.2) is 11.6 Å². The molecule has 8 heteroatoms. The van der Waals surface area contributed by atoms with Crippen LogP contribution in [-0.4, -0.2) is 51.9 Å². The third-order valence-electron chi connectivity index (χ3n) is 4.82. The van der Waals surface area contributed by atoms with Crippen LogP contribution >= 0.6 is 0 Å². The highest BCUT2D eigenvalue weighted by atomic mass is 19.1. The zero-order valence-electron chi connectivity index (χ0n) is 15.5. The lowest BCUT2D eigenvalue weighted by Gasteiger charge is -2.35. The number of nitrogens with one attached hydrogen (secondary N) is 1. The molecule has 2 amide bonds. The number of aromatic nitrogens is 3. The average Bonchev–Trinajstić information content (AvgIpc) is 3.26. The molecule has 4 rings (SSSR count). The van der Waals surface area contributed by atoms with Crippen molar-refractivity contribution in [3.63, 3.8) is 0 Å². The molecule has 0 spiro atoms. The molecule has 1 fully saturated rings. The third-order valence-corrected chi connectivity index (χ3v) is 4.82. The second kappa shape index (κ2) is 7.67. The Hall–Kier alpha value is -3.42. The van der Waals surface area contributed by atoms with Gasteiger partial charge in [-0.3, -0.25) is 0 Å². The molecule has 7 nitrogen and oxygen atoms in total. The lowest BCUT2D eigenvalue weighted by atomic mass is 10.2. The van der Waals surface area contributed by atoms with Gasteiger partial charge in [0, 0.05) is 44.3 Å². The number of amides is 2. The first-order valence-electron chi connectivity index (χ1n) is 9.14. The number of aryl methyl sites for hydroxylation is 1. The summed E-state index contributed by atoms with van der Waals surface area (Å²) in [4.78, 5) is 16.2. The van der Waals surface area contributed by atoms with Gasteiger partial charge in [0.05, 0.1) is 0 Å². The fourth-order valence-corrected chi connectivity index (χ4v) is 3.12. The molecule has 0 unspecified atom stereocenters. The Morgan fingerprint density at radius 1 is 1.00 bits per heavy atom. The molecule has 0 atom stereocenters. The van der Waals surface area contributed by atoms with Gasteiger partial charge in [0.2, 0.25) is 0 Å². The Balaban J connectivity index is 1.33. The van der Waals surface area contributed by atoms with Crippen molar-refractivity contribution in [3.8, 4) is 5.82 Å². The van der Waals surface area contributed by atoms with Crippen molar-refractivity contribution in [2.45, 2.75) is 6.92 Å². The number of carbonyl (C=O) groups is 1. The minimum Gasteiger partial charge on any atom is -0.352 e. The topological polar surface area (TPSA) is 66.3 Å². The second-order valence-corrected chi connectivity index (χ2v) is 6.71. The van der Waals surface area contributed by atoms with Gasteiger partial charge in [-0.15, -0.1) is 10.2 Å². The molecular weight excluding hydrogens is 359 g/mol. The fourth-order valence-electron chi connectivity index (χ4n) is 3.12. The van der Waals surface area contributed by atoms with Crippen LogP contribution in [-0.2, 0) is 0 Å². The van der Waals surface area contributed by atoms with Gasteiger partial charge < -0.3 is 19.7 Å². The number of piperazine rings is 1. The van der Waals surface area contributed by atoms with Crippen LogP contribution in [0.4, 0.5) is 20.7 Å². The number of carbonyl (C=O) groups excluding carboxylic acids is 1. The standard InChI is InChI=1S/C20H21FN6O/c1-15-4-5-16(14-17(15)21)22-20(28)27-12-10-26(11-13-27)19-7-6-18(23-24-19)25-8-2-3-9-25/h2-9,14H,10-13H2,1H3,(H,22,28). The van der Waals surface area contributed by atoms with Crippen LogP contribution in [0.3, 0.4) is 0 Å². The number of urea groups is 1. The molecule has 3 heterocycles. The zero-order chi connectivity index (χ0) is 19.5. The van der Waals surface area contributed by atoms with Crippen LogP contribution in [0.1, 0.15) is 5.56 Å². The van der Waals surface area contributed by atoms with E-state index in [1.807, 2.05) is 41.2 Å². The molecule has 0 saturated carbocycles. The van der Waals surface area contributed by atoms with E-state index >= 15 is 0 Å². The van der Waals surface area contributed by atoms with Crippen molar-refractivity contribution in [1.29, 1.82) is 0 Å². The van der Waals surface area contributed by atoms with E-state index < -0.39 is 0 Å². The summed E-state index contributed by atoms with van der Waals surface area (Å²) in [5.41, 5.74) is 1.01. The molecular formula is C20H21FN6O. The van der Waals surface area contributed by atoms with Gasteiger partial charge in [-0.25, -0.2) is 9.18 Å². The first-order chi connectivity index (χ1) is 13.6. The number of rotatable bonds is 3. The van der Waals surface area contributed by atoms with E-state index in [0.717, 1.165) is 11.6 Å². The van der Waals surface area contributed by atoms with E-state index in [2.05, 4.69) is 20.4 Å². The van der Waals surface area contributed by atoms with E-state index in [1.165, 1.54) is 6.07 Å². The molecule has 1 N–H and O–H groups in total. The van der Waals surface area contributed by atoms with Crippen molar-refractivity contribution < 1.29 is 9.18 Å². The zero-order valence-corrected chi connectivity index (χ0v) is 15.5. The predicted octanol–water partition coefficient (Wildman–Crippen LogP) is 3.07. The van der Waals surface area contributed by atoms with Gasteiger partial charge in [0.25, 0.3) is 0 Å². The van der Waals surface area contributed by atoms with Gasteiger partial charge in [0.1, 0.15) is 5.82 Å². The van der Waals surface area contributed by atoms with E-state index in [1.54, 1.807) is 24.0 Å². The van der Waals surface area contributed by atoms with Crippen molar-refractivity contribution in [2.24, 2.45) is 0 Å². The highest BCUT2D eigenvalue weighted by Crippen LogP contribution is 2.17. The minimum atomic E-state index is -0.329. The molecule has 0 bridgehead atoms. The minimum absolute atomic E-state index is 0.225. The molecule has 1 aromatic carbocycles. The van der Waals surface area contributed by atoms with Crippen molar-refractivity contribution in [1.82, 2.24) is 19.7 Å². The summed E-state index contributed by atoms with van der Waals surface area (Å²) < 4.78 is 15.5. The predicted molar refractivity (Wildman–Crippen MR) is 105 cm³/mol. The number of hydrogen-bond acceptors (Lipinski definition) is 4. The van der Waals surface area contributed by atoms with Gasteiger partial charge in [-0.05, 0) is 48.9 Å². The molecule has 2 aromatic heterocycles. The van der Waals surface area contributed by atoms with E-state index in [0.29, 0.717) is 37.4 Å². The maximum Gasteiger partial charge on any atom is 0.321 e. The van der Waals surface area contributed by atoms with Crippen molar-refractivity contribution in [3.05, 3.63) is 66.2 Å². The molecule has 1 saturated heterocycles. The summed E-state index contributed by atoms with van der Waals surface area (Å²) in [6, 6.07) is 12.2. The first kappa shape index (κ1) is 18.0. The average molecular weight is 380 g/mol. The number of halogens is 1. The Labute approximate surface area is 162 Å². The molecule has 3 aromatic rings. The number of anilines is 2. The normalized spacial score (nSPS) is 14.2. The summed E-state index contributed by atoms with van der Waals surface area (Å²) >= 11 is 0. The van der Waals surface area contributed by atoms with E-state index in [4.69, 9.17) is 0 Å². The van der Waals surface area contributed by atoms with Crippen LogP contribution in [0.2, 0.25) is 0 Å². The van der Waals surface area contributed by atoms with E-state index in [9.17, 15) is 9.18 Å². The lowest BCUT2D eigenvalue weighted by molar-refractivity contribution is 0.208. The second-order valence-electron chi connectivity index (χ2n) is 6.71. The molecule has 1 aliphatic heterocycles. The molecule has 0 radical (unpaired) electrons. The summed E-state index contributed by atoms with van der Waals surface area (Å²) in [6.45, 7) is 4.12. The Morgan fingerprint density at radius 3 is 2.32 bits per heavy atom. The smallest absolute Gasteiger partial charge is 0.321 e. The number of nitrogens with zero attached hydrogens (tertiary/aromatic N) is 5. The van der Waals surface area contributed by atoms with Crippen LogP contribution in [0, 0.1) is 12.7 Å². The summed E-state index contributed by atoms with van der Waals surface area (Å²) in [5, 5.41) is 11.3. The van der Waals surface area contributed by atoms with E-state index in [-0.39, 0.29) is 11.8 Å². The Kier molecular flexibility index (Phi) is 4.92. The SMILES string of the molecule is Cc1ccc(NC(=O)N2CCN(c3ccc(-n4cccc4)nn3)CC2)cc1F. The highest BCUT2D eigenvalue weighted by Gasteiger charge is 2.22. The maximum atomic E-state index is 13.6. The third kappa shape index (κ3) is 3.80. The largest absolute Gasteiger partial charge is 0.352 e. The van der Waals surface area contributed by atoms with Gasteiger partial charge in [-0.2, -0.15) is 0 Å². The monoisotopic (exact) mass is 380 g/mol. The van der Waals surface area contributed by atoms with Crippen molar-refractivity contribution in [2.75, 3.05) is 36.4 Å². The summed E-state index contributed by atoms with van der Waals surface area (Å²) in [6.07, 6.45) is 3.84. The van der Waals surface area contributed by atoms with Crippen LogP contribution in [0.15, 0.2) is 54.9 Å². The van der Waals surface area contributed by atoms with Gasteiger partial charge in [-0.1, -0.05) is 6.07 Å². The fraction of sp³-hybridized carbons (Fsp3) is 0.250. The summed E-state index contributed by atoms with van der Waals surface area (Å²) in [5.74, 6) is 1.22. The Bertz CT molecular complexity index is 949. The lowest BCUT2D eigenvalue weighted by Crippen LogP contribution is -2.50. The van der Waals surface area contributed by atoms with Crippen molar-refractivity contribution >= 4 is 17.5 Å².